The lowest BCUT2D eigenvalue weighted by atomic mass is 10.0. The minimum atomic E-state index is -0.506. The molecule has 0 unspecified atom stereocenters. The summed E-state index contributed by atoms with van der Waals surface area (Å²) in [6, 6.07) is 20.3. The van der Waals surface area contributed by atoms with Gasteiger partial charge in [0.25, 0.3) is 5.56 Å². The third kappa shape index (κ3) is 4.12. The zero-order valence-corrected chi connectivity index (χ0v) is 19.7. The first-order valence-corrected chi connectivity index (χ1v) is 11.3. The van der Waals surface area contributed by atoms with Gasteiger partial charge in [-0.3, -0.25) is 14.3 Å². The number of aryl methyl sites for hydroxylation is 1. The van der Waals surface area contributed by atoms with Crippen LogP contribution in [0, 0.1) is 18.3 Å². The highest BCUT2D eigenvalue weighted by Crippen LogP contribution is 2.28. The summed E-state index contributed by atoms with van der Waals surface area (Å²) in [5.74, 6) is 0.761. The van der Waals surface area contributed by atoms with Gasteiger partial charge in [-0.25, -0.2) is 9.97 Å². The molecule has 5 aromatic rings. The summed E-state index contributed by atoms with van der Waals surface area (Å²) >= 11 is 0. The van der Waals surface area contributed by atoms with Gasteiger partial charge >= 0.3 is 0 Å². The summed E-state index contributed by atoms with van der Waals surface area (Å²) in [5.41, 5.74) is 9.47. The molecule has 3 heterocycles. The molecule has 9 nitrogen and oxygen atoms in total. The number of hydrogen-bond acceptors (Lipinski definition) is 8. The third-order valence-electron chi connectivity index (χ3n) is 5.83. The predicted molar refractivity (Wildman–Crippen MR) is 139 cm³/mol. The molecule has 0 saturated heterocycles. The van der Waals surface area contributed by atoms with Crippen molar-refractivity contribution < 1.29 is 0 Å². The van der Waals surface area contributed by atoms with Gasteiger partial charge in [-0.1, -0.05) is 36.4 Å². The maximum atomic E-state index is 14.1. The molecule has 36 heavy (non-hydrogen) atoms. The van der Waals surface area contributed by atoms with Gasteiger partial charge in [0.05, 0.1) is 28.8 Å². The highest BCUT2D eigenvalue weighted by Gasteiger charge is 2.21. The van der Waals surface area contributed by atoms with Crippen LogP contribution >= 0.6 is 0 Å². The summed E-state index contributed by atoms with van der Waals surface area (Å²) < 4.78 is 1.59. The van der Waals surface area contributed by atoms with E-state index in [2.05, 4.69) is 26.3 Å². The van der Waals surface area contributed by atoms with Crippen molar-refractivity contribution in [2.24, 2.45) is 0 Å². The molecule has 0 aliphatic carbocycles. The van der Waals surface area contributed by atoms with E-state index in [0.717, 1.165) is 16.8 Å². The Bertz CT molecular complexity index is 1670. The van der Waals surface area contributed by atoms with Crippen LogP contribution in [0.2, 0.25) is 0 Å². The number of aromatic nitrogens is 5. The van der Waals surface area contributed by atoms with Gasteiger partial charge in [0, 0.05) is 17.5 Å². The van der Waals surface area contributed by atoms with Gasteiger partial charge in [-0.15, -0.1) is 0 Å². The Kier molecular flexibility index (Phi) is 5.84. The molecule has 0 aliphatic rings. The first kappa shape index (κ1) is 22.7. The minimum absolute atomic E-state index is 0.0342. The molecule has 5 rings (SSSR count). The summed E-state index contributed by atoms with van der Waals surface area (Å²) in [6.45, 7) is 3.76. The number of fused-ring (bicyclic) bond motifs is 1. The predicted octanol–water partition coefficient (Wildman–Crippen LogP) is 4.17. The molecule has 0 spiro atoms. The quantitative estimate of drug-likeness (QED) is 0.387. The minimum Gasteiger partial charge on any atom is -0.368 e. The van der Waals surface area contributed by atoms with E-state index in [0.29, 0.717) is 22.4 Å². The average molecular weight is 475 g/mol. The first-order chi connectivity index (χ1) is 17.5. The SMILES string of the molecule is Cc1ccc(-c2cccc3nc([C@H](C)Nc4nc(N)ncc4C#N)n(-c4ccccc4)c(=O)c23)cn1. The van der Waals surface area contributed by atoms with E-state index in [1.807, 2.05) is 74.5 Å². The van der Waals surface area contributed by atoms with Crippen LogP contribution in [-0.2, 0) is 0 Å². The van der Waals surface area contributed by atoms with Gasteiger partial charge in [-0.05, 0) is 43.7 Å². The first-order valence-electron chi connectivity index (χ1n) is 11.3. The zero-order valence-electron chi connectivity index (χ0n) is 19.7. The maximum absolute atomic E-state index is 14.1. The van der Waals surface area contributed by atoms with Crippen molar-refractivity contribution in [2.45, 2.75) is 19.9 Å². The lowest BCUT2D eigenvalue weighted by Gasteiger charge is -2.21. The number of para-hydroxylation sites is 1. The summed E-state index contributed by atoms with van der Waals surface area (Å²) in [4.78, 5) is 31.5. The van der Waals surface area contributed by atoms with Gasteiger partial charge in [0.1, 0.15) is 23.3 Å². The van der Waals surface area contributed by atoms with Crippen LogP contribution in [0.3, 0.4) is 0 Å². The van der Waals surface area contributed by atoms with Gasteiger partial charge in [0.2, 0.25) is 5.95 Å². The number of pyridine rings is 1. The number of anilines is 2. The molecular weight excluding hydrogens is 452 g/mol. The monoisotopic (exact) mass is 474 g/mol. The lowest BCUT2D eigenvalue weighted by Crippen LogP contribution is -2.28. The number of nitrogens with one attached hydrogen (secondary N) is 1. The zero-order chi connectivity index (χ0) is 25.2. The van der Waals surface area contributed by atoms with Crippen LogP contribution in [-0.4, -0.2) is 24.5 Å². The number of nitrogens with zero attached hydrogens (tertiary/aromatic N) is 6. The topological polar surface area (TPSA) is 135 Å². The van der Waals surface area contributed by atoms with Crippen molar-refractivity contribution in [2.75, 3.05) is 11.1 Å². The largest absolute Gasteiger partial charge is 0.368 e. The molecule has 0 saturated carbocycles. The van der Waals surface area contributed by atoms with Crippen LogP contribution in [0.1, 0.15) is 30.0 Å². The Balaban J connectivity index is 1.74. The van der Waals surface area contributed by atoms with Crippen LogP contribution < -0.4 is 16.6 Å². The molecule has 0 fully saturated rings. The highest BCUT2D eigenvalue weighted by molar-refractivity contribution is 5.94. The number of nitrogens with two attached hydrogens (primary N) is 1. The molecule has 0 aliphatic heterocycles. The van der Waals surface area contributed by atoms with Crippen LogP contribution in [0.25, 0.3) is 27.7 Å². The smallest absolute Gasteiger partial charge is 0.266 e. The van der Waals surface area contributed by atoms with Crippen molar-refractivity contribution in [3.05, 3.63) is 100 Å². The van der Waals surface area contributed by atoms with Crippen molar-refractivity contribution >= 4 is 22.7 Å². The fraction of sp³-hybridized carbons (Fsp3) is 0.111. The molecule has 9 heteroatoms. The molecule has 3 aromatic heterocycles. The standard InChI is InChI=1S/C27H22N8O/c1-16-11-12-18(14-30-16)21-9-6-10-22-23(21)26(36)35(20-7-4-3-5-8-20)25(33-22)17(2)32-24-19(13-28)15-31-27(29)34-24/h3-12,14-15,17H,1-2H3,(H3,29,31,32,34)/t17-/m0/s1. The molecular formula is C27H22N8O. The summed E-state index contributed by atoms with van der Waals surface area (Å²) in [6.07, 6.45) is 3.12. The summed E-state index contributed by atoms with van der Waals surface area (Å²) in [5, 5.41) is 13.2. The second-order valence-corrected chi connectivity index (χ2v) is 8.30. The van der Waals surface area contributed by atoms with Crippen molar-refractivity contribution in [1.29, 1.82) is 5.26 Å². The molecule has 176 valence electrons. The fourth-order valence-corrected chi connectivity index (χ4v) is 4.09. The lowest BCUT2D eigenvalue weighted by molar-refractivity contribution is 0.731. The Labute approximate surface area is 206 Å². The van der Waals surface area contributed by atoms with E-state index in [4.69, 9.17) is 10.7 Å². The van der Waals surface area contributed by atoms with Gasteiger partial charge < -0.3 is 11.1 Å². The van der Waals surface area contributed by atoms with Crippen molar-refractivity contribution in [1.82, 2.24) is 24.5 Å². The number of benzene rings is 2. The third-order valence-corrected chi connectivity index (χ3v) is 5.83. The Morgan fingerprint density at radius 3 is 2.53 bits per heavy atom. The number of nitrogen functional groups attached to an aromatic ring is 1. The van der Waals surface area contributed by atoms with Crippen molar-refractivity contribution in [3.63, 3.8) is 0 Å². The van der Waals surface area contributed by atoms with Crippen molar-refractivity contribution in [3.8, 4) is 22.9 Å². The Hall–Kier alpha value is -5.10. The van der Waals surface area contributed by atoms with Crippen LogP contribution in [0.5, 0.6) is 0 Å². The number of nitriles is 1. The Morgan fingerprint density at radius 2 is 1.81 bits per heavy atom. The van der Waals surface area contributed by atoms with Crippen LogP contribution in [0.15, 0.2) is 77.9 Å². The van der Waals surface area contributed by atoms with Gasteiger partial charge in [0.15, 0.2) is 0 Å². The van der Waals surface area contributed by atoms with E-state index in [-0.39, 0.29) is 22.9 Å². The van der Waals surface area contributed by atoms with Crippen LogP contribution in [0.4, 0.5) is 11.8 Å². The molecule has 0 bridgehead atoms. The summed E-state index contributed by atoms with van der Waals surface area (Å²) in [7, 11) is 0. The van der Waals surface area contributed by atoms with E-state index < -0.39 is 6.04 Å². The second-order valence-electron chi connectivity index (χ2n) is 8.30. The van der Waals surface area contributed by atoms with E-state index >= 15 is 0 Å². The maximum Gasteiger partial charge on any atom is 0.266 e. The molecule has 3 N–H and O–H groups in total. The number of hydrogen-bond donors (Lipinski definition) is 2. The molecule has 0 radical (unpaired) electrons. The fourth-order valence-electron chi connectivity index (χ4n) is 4.09. The molecule has 2 aromatic carbocycles. The normalized spacial score (nSPS) is 11.7. The average Bonchev–Trinajstić information content (AvgIpc) is 2.89. The molecule has 1 atom stereocenters. The van der Waals surface area contributed by atoms with E-state index in [9.17, 15) is 10.1 Å². The molecule has 0 amide bonds. The van der Waals surface area contributed by atoms with Gasteiger partial charge in [-0.2, -0.15) is 10.2 Å². The Morgan fingerprint density at radius 1 is 1.00 bits per heavy atom. The van der Waals surface area contributed by atoms with E-state index in [1.54, 1.807) is 10.8 Å². The highest BCUT2D eigenvalue weighted by atomic mass is 16.1. The van der Waals surface area contributed by atoms with E-state index in [1.165, 1.54) is 6.20 Å². The number of rotatable bonds is 5. The second kappa shape index (κ2) is 9.27.